The van der Waals surface area contributed by atoms with Crippen molar-refractivity contribution in [1.82, 2.24) is 19.1 Å². The summed E-state index contributed by atoms with van der Waals surface area (Å²) in [4.78, 5) is 20.5. The molecule has 0 aromatic carbocycles. The molecule has 1 aliphatic rings. The highest BCUT2D eigenvalue weighted by molar-refractivity contribution is 7.89. The van der Waals surface area contributed by atoms with E-state index < -0.39 is 10.0 Å². The summed E-state index contributed by atoms with van der Waals surface area (Å²) in [5, 5.41) is 0. The van der Waals surface area contributed by atoms with Gasteiger partial charge in [0.15, 0.2) is 0 Å². The van der Waals surface area contributed by atoms with Gasteiger partial charge < -0.3 is 9.80 Å². The molecule has 1 aliphatic heterocycles. The van der Waals surface area contributed by atoms with Crippen LogP contribution in [0.25, 0.3) is 0 Å². The molecule has 0 N–H and O–H groups in total. The Morgan fingerprint density at radius 2 is 1.88 bits per heavy atom. The van der Waals surface area contributed by atoms with Crippen molar-refractivity contribution in [2.45, 2.75) is 12.8 Å². The van der Waals surface area contributed by atoms with Gasteiger partial charge in [-0.2, -0.15) is 0 Å². The lowest BCUT2D eigenvalue weighted by Gasteiger charge is -2.22. The van der Waals surface area contributed by atoms with Crippen LogP contribution in [0.5, 0.6) is 0 Å². The van der Waals surface area contributed by atoms with Gasteiger partial charge in [-0.05, 0) is 38.1 Å². The van der Waals surface area contributed by atoms with Crippen LogP contribution in [-0.2, 0) is 10.0 Å². The molecule has 24 heavy (non-hydrogen) atoms. The fourth-order valence-electron chi connectivity index (χ4n) is 2.73. The molecule has 2 heterocycles. The molecule has 1 aromatic heterocycles. The summed E-state index contributed by atoms with van der Waals surface area (Å²) in [6, 6.07) is 3.47. The van der Waals surface area contributed by atoms with Crippen LogP contribution in [0.1, 0.15) is 23.2 Å². The van der Waals surface area contributed by atoms with Crippen molar-refractivity contribution in [2.24, 2.45) is 0 Å². The molecule has 2 rings (SSSR count). The molecule has 1 aromatic rings. The zero-order chi connectivity index (χ0) is 17.6. The van der Waals surface area contributed by atoms with Gasteiger partial charge in [0.05, 0.1) is 5.75 Å². The van der Waals surface area contributed by atoms with E-state index in [1.807, 2.05) is 4.90 Å². The van der Waals surface area contributed by atoms with E-state index in [0.717, 1.165) is 32.6 Å². The average molecular weight is 354 g/mol. The monoisotopic (exact) mass is 354 g/mol. The Bertz CT molecular complexity index is 634. The summed E-state index contributed by atoms with van der Waals surface area (Å²) >= 11 is 0. The molecule has 0 unspecified atom stereocenters. The Kier molecular flexibility index (Phi) is 6.70. The molecule has 134 valence electrons. The second kappa shape index (κ2) is 8.55. The molecule has 0 aliphatic carbocycles. The Morgan fingerprint density at radius 1 is 1.17 bits per heavy atom. The summed E-state index contributed by atoms with van der Waals surface area (Å²) < 4.78 is 24.8. The van der Waals surface area contributed by atoms with E-state index in [0.29, 0.717) is 18.5 Å². The first kappa shape index (κ1) is 18.8. The molecule has 7 nitrogen and oxygen atoms in total. The van der Waals surface area contributed by atoms with Crippen molar-refractivity contribution in [2.75, 3.05) is 52.6 Å². The van der Waals surface area contributed by atoms with E-state index in [-0.39, 0.29) is 11.7 Å². The smallest absolute Gasteiger partial charge is 0.254 e. The predicted molar refractivity (Wildman–Crippen MR) is 93.3 cm³/mol. The molecular formula is C16H26N4O3S. The van der Waals surface area contributed by atoms with Crippen LogP contribution in [0.2, 0.25) is 0 Å². The molecule has 0 saturated carbocycles. The number of aromatic nitrogens is 1. The zero-order valence-corrected chi connectivity index (χ0v) is 15.2. The number of pyridine rings is 1. The van der Waals surface area contributed by atoms with Crippen molar-refractivity contribution in [1.29, 1.82) is 0 Å². The number of rotatable bonds is 6. The summed E-state index contributed by atoms with van der Waals surface area (Å²) in [6.45, 7) is 3.81. The Hall–Kier alpha value is -1.51. The summed E-state index contributed by atoms with van der Waals surface area (Å²) in [5.41, 5.74) is 0.663. The van der Waals surface area contributed by atoms with Crippen molar-refractivity contribution in [3.8, 4) is 0 Å². The van der Waals surface area contributed by atoms with E-state index in [2.05, 4.69) is 9.88 Å². The number of nitrogens with zero attached hydrogens (tertiary/aromatic N) is 4. The Labute approximate surface area is 144 Å². The van der Waals surface area contributed by atoms with Crippen molar-refractivity contribution < 1.29 is 13.2 Å². The van der Waals surface area contributed by atoms with E-state index in [1.165, 1.54) is 4.31 Å². The quantitative estimate of drug-likeness (QED) is 0.744. The minimum absolute atomic E-state index is 0.0365. The molecular weight excluding hydrogens is 328 g/mol. The lowest BCUT2D eigenvalue weighted by atomic mass is 10.2. The minimum Gasteiger partial charge on any atom is -0.337 e. The first-order valence-electron chi connectivity index (χ1n) is 8.22. The number of sulfonamides is 1. The van der Waals surface area contributed by atoms with E-state index in [1.54, 1.807) is 38.6 Å². The van der Waals surface area contributed by atoms with Gasteiger partial charge in [-0.25, -0.2) is 12.7 Å². The van der Waals surface area contributed by atoms with Crippen molar-refractivity contribution >= 4 is 15.9 Å². The molecule has 0 spiro atoms. The molecule has 1 saturated heterocycles. The van der Waals surface area contributed by atoms with E-state index >= 15 is 0 Å². The average Bonchev–Trinajstić information content (AvgIpc) is 2.80. The van der Waals surface area contributed by atoms with Gasteiger partial charge in [0.2, 0.25) is 10.0 Å². The highest BCUT2D eigenvalue weighted by Crippen LogP contribution is 2.09. The van der Waals surface area contributed by atoms with Crippen molar-refractivity contribution in [3.05, 3.63) is 30.1 Å². The van der Waals surface area contributed by atoms with Gasteiger partial charge >= 0.3 is 0 Å². The van der Waals surface area contributed by atoms with Gasteiger partial charge in [0.25, 0.3) is 5.91 Å². The summed E-state index contributed by atoms with van der Waals surface area (Å²) in [7, 11) is -0.0134. The van der Waals surface area contributed by atoms with Crippen LogP contribution < -0.4 is 0 Å². The molecule has 0 bridgehead atoms. The van der Waals surface area contributed by atoms with Crippen molar-refractivity contribution in [3.63, 3.8) is 0 Å². The molecule has 1 amide bonds. The second-order valence-electron chi connectivity index (χ2n) is 6.18. The number of hydrogen-bond acceptors (Lipinski definition) is 5. The zero-order valence-electron chi connectivity index (χ0n) is 14.4. The second-order valence-corrected chi connectivity index (χ2v) is 8.48. The van der Waals surface area contributed by atoms with Crippen LogP contribution in [0.15, 0.2) is 24.5 Å². The van der Waals surface area contributed by atoms with Gasteiger partial charge in [0.1, 0.15) is 0 Å². The minimum atomic E-state index is -3.13. The van der Waals surface area contributed by atoms with Gasteiger partial charge in [0, 0.05) is 51.7 Å². The third-order valence-electron chi connectivity index (χ3n) is 4.24. The van der Waals surface area contributed by atoms with Crippen LogP contribution in [0.3, 0.4) is 0 Å². The Balaban J connectivity index is 1.81. The normalized spacial score (nSPS) is 17.0. The summed E-state index contributed by atoms with van der Waals surface area (Å²) in [6.07, 6.45) is 4.77. The standard InChI is InChI=1S/C16H26N4O3S/c1-18(2)24(22,23)14-4-10-19-9-3-11-20(13-12-19)16(21)15-5-7-17-8-6-15/h5-8H,3-4,9-14H2,1-2H3. The Morgan fingerprint density at radius 3 is 2.54 bits per heavy atom. The van der Waals surface area contributed by atoms with Crippen LogP contribution >= 0.6 is 0 Å². The topological polar surface area (TPSA) is 73.8 Å². The highest BCUT2D eigenvalue weighted by Gasteiger charge is 2.21. The number of hydrogen-bond donors (Lipinski definition) is 0. The third-order valence-corrected chi connectivity index (χ3v) is 6.15. The maximum atomic E-state index is 12.5. The van der Waals surface area contributed by atoms with Crippen LogP contribution in [0, 0.1) is 0 Å². The number of carbonyl (C=O) groups excluding carboxylic acids is 1. The van der Waals surface area contributed by atoms with E-state index in [4.69, 9.17) is 0 Å². The fourth-order valence-corrected chi connectivity index (χ4v) is 3.59. The largest absolute Gasteiger partial charge is 0.337 e. The van der Waals surface area contributed by atoms with Crippen LogP contribution in [-0.4, -0.2) is 86.0 Å². The van der Waals surface area contributed by atoms with Crippen LogP contribution in [0.4, 0.5) is 0 Å². The molecule has 1 fully saturated rings. The maximum Gasteiger partial charge on any atom is 0.254 e. The number of amides is 1. The molecule has 8 heteroatoms. The van der Waals surface area contributed by atoms with Gasteiger partial charge in [-0.1, -0.05) is 0 Å². The molecule has 0 radical (unpaired) electrons. The highest BCUT2D eigenvalue weighted by atomic mass is 32.2. The summed E-state index contributed by atoms with van der Waals surface area (Å²) in [5.74, 6) is 0.199. The van der Waals surface area contributed by atoms with Gasteiger partial charge in [-0.3, -0.25) is 9.78 Å². The predicted octanol–water partition coefficient (Wildman–Crippen LogP) is 0.511. The number of carbonyl (C=O) groups is 1. The first-order chi connectivity index (χ1) is 11.4. The fraction of sp³-hybridized carbons (Fsp3) is 0.625. The maximum absolute atomic E-state index is 12.5. The molecule has 0 atom stereocenters. The SMILES string of the molecule is CN(C)S(=O)(=O)CCCN1CCCN(C(=O)c2ccncc2)CC1. The third kappa shape index (κ3) is 5.25. The lowest BCUT2D eigenvalue weighted by molar-refractivity contribution is 0.0761. The lowest BCUT2D eigenvalue weighted by Crippen LogP contribution is -2.36. The van der Waals surface area contributed by atoms with Gasteiger partial charge in [-0.15, -0.1) is 0 Å². The van der Waals surface area contributed by atoms with E-state index in [9.17, 15) is 13.2 Å². The first-order valence-corrected chi connectivity index (χ1v) is 9.83.